The van der Waals surface area contributed by atoms with E-state index in [0.29, 0.717) is 22.5 Å². The summed E-state index contributed by atoms with van der Waals surface area (Å²) >= 11 is 0. The summed E-state index contributed by atoms with van der Waals surface area (Å²) < 4.78 is 25.8. The van der Waals surface area contributed by atoms with Crippen molar-refractivity contribution in [2.45, 2.75) is 11.8 Å². The number of amides is 1. The molecule has 0 saturated heterocycles. The fourth-order valence-electron chi connectivity index (χ4n) is 2.64. The number of azo groups is 1. The van der Waals surface area contributed by atoms with Gasteiger partial charge in [-0.15, -0.1) is 0 Å². The number of carbonyl (C=O) groups excluding carboxylic acids is 1. The summed E-state index contributed by atoms with van der Waals surface area (Å²) in [5, 5.41) is 11.1. The van der Waals surface area contributed by atoms with Crippen LogP contribution in [0.3, 0.4) is 0 Å². The van der Waals surface area contributed by atoms with Crippen LogP contribution in [0.25, 0.3) is 0 Å². The van der Waals surface area contributed by atoms with E-state index in [2.05, 4.69) is 15.5 Å². The Kier molecular flexibility index (Phi) is 6.39. The number of rotatable bonds is 6. The lowest BCUT2D eigenvalue weighted by molar-refractivity contribution is 0.102. The number of sulfonamides is 1. The predicted molar refractivity (Wildman–Crippen MR) is 117 cm³/mol. The minimum atomic E-state index is -3.63. The summed E-state index contributed by atoms with van der Waals surface area (Å²) in [4.78, 5) is 12.8. The Morgan fingerprint density at radius 1 is 0.867 bits per heavy atom. The Labute approximate surface area is 176 Å². The van der Waals surface area contributed by atoms with E-state index in [1.807, 2.05) is 30.3 Å². The van der Waals surface area contributed by atoms with Gasteiger partial charge in [-0.25, -0.2) is 12.7 Å². The Bertz CT molecular complexity index is 1170. The fourth-order valence-corrected chi connectivity index (χ4v) is 3.57. The molecule has 0 fully saturated rings. The molecule has 0 saturated carbocycles. The van der Waals surface area contributed by atoms with Crippen LogP contribution in [0.5, 0.6) is 0 Å². The average Bonchev–Trinajstić information content (AvgIpc) is 2.74. The largest absolute Gasteiger partial charge is 0.322 e. The first-order chi connectivity index (χ1) is 14.3. The second kappa shape index (κ2) is 8.98. The third-order valence-electron chi connectivity index (χ3n) is 4.39. The lowest BCUT2D eigenvalue weighted by Gasteiger charge is -2.14. The molecule has 3 aromatic rings. The van der Waals surface area contributed by atoms with Crippen LogP contribution in [0.2, 0.25) is 0 Å². The highest BCUT2D eigenvalue weighted by atomic mass is 32.2. The normalized spacial score (nSPS) is 11.7. The molecule has 0 aromatic heterocycles. The molecule has 154 valence electrons. The monoisotopic (exact) mass is 422 g/mol. The summed E-state index contributed by atoms with van der Waals surface area (Å²) in [6.07, 6.45) is 0. The molecule has 0 spiro atoms. The third kappa shape index (κ3) is 4.97. The second-order valence-electron chi connectivity index (χ2n) is 6.80. The number of hydrogen-bond acceptors (Lipinski definition) is 5. The summed E-state index contributed by atoms with van der Waals surface area (Å²) in [6.45, 7) is 1.76. The lowest BCUT2D eigenvalue weighted by Crippen LogP contribution is -2.23. The molecule has 0 atom stereocenters. The molecule has 0 heterocycles. The van der Waals surface area contributed by atoms with Gasteiger partial charge in [-0.2, -0.15) is 10.2 Å². The van der Waals surface area contributed by atoms with Gasteiger partial charge in [0.2, 0.25) is 10.0 Å². The maximum absolute atomic E-state index is 12.7. The molecule has 0 radical (unpaired) electrons. The van der Waals surface area contributed by atoms with Crippen LogP contribution in [-0.4, -0.2) is 32.7 Å². The molecule has 3 aromatic carbocycles. The Hall–Kier alpha value is -3.36. The van der Waals surface area contributed by atoms with E-state index in [1.54, 1.807) is 37.3 Å². The molecule has 0 aliphatic carbocycles. The van der Waals surface area contributed by atoms with Crippen LogP contribution in [-0.2, 0) is 10.0 Å². The highest BCUT2D eigenvalue weighted by molar-refractivity contribution is 7.89. The predicted octanol–water partition coefficient (Wildman–Crippen LogP) is 4.91. The van der Waals surface area contributed by atoms with Crippen LogP contribution in [0.1, 0.15) is 15.9 Å². The van der Waals surface area contributed by atoms with Crippen molar-refractivity contribution in [2.75, 3.05) is 19.4 Å². The molecule has 8 heteroatoms. The lowest BCUT2D eigenvalue weighted by atomic mass is 10.1. The maximum Gasteiger partial charge on any atom is 0.255 e. The van der Waals surface area contributed by atoms with Gasteiger partial charge in [0.1, 0.15) is 0 Å². The van der Waals surface area contributed by atoms with E-state index in [-0.39, 0.29) is 10.8 Å². The molecule has 1 N–H and O–H groups in total. The minimum absolute atomic E-state index is 0.0694. The van der Waals surface area contributed by atoms with Crippen molar-refractivity contribution in [1.82, 2.24) is 4.31 Å². The molecule has 0 aliphatic heterocycles. The quantitative estimate of drug-likeness (QED) is 0.572. The van der Waals surface area contributed by atoms with Gasteiger partial charge >= 0.3 is 0 Å². The van der Waals surface area contributed by atoms with E-state index in [1.165, 1.54) is 26.2 Å². The van der Waals surface area contributed by atoms with Crippen molar-refractivity contribution in [3.63, 3.8) is 0 Å². The summed E-state index contributed by atoms with van der Waals surface area (Å²) in [6, 6.07) is 20.8. The number of nitrogens with zero attached hydrogens (tertiary/aromatic N) is 3. The zero-order valence-electron chi connectivity index (χ0n) is 16.9. The van der Waals surface area contributed by atoms with Gasteiger partial charge in [0.05, 0.1) is 16.3 Å². The Morgan fingerprint density at radius 3 is 2.07 bits per heavy atom. The van der Waals surface area contributed by atoms with Gasteiger partial charge in [-0.3, -0.25) is 4.79 Å². The molecule has 0 unspecified atom stereocenters. The number of nitrogens with one attached hydrogen (secondary N) is 1. The van der Waals surface area contributed by atoms with Gasteiger partial charge in [0.15, 0.2) is 0 Å². The second-order valence-corrected chi connectivity index (χ2v) is 8.95. The molecular weight excluding hydrogens is 400 g/mol. The van der Waals surface area contributed by atoms with Crippen molar-refractivity contribution in [1.29, 1.82) is 0 Å². The molecule has 7 nitrogen and oxygen atoms in total. The van der Waals surface area contributed by atoms with E-state index < -0.39 is 10.0 Å². The van der Waals surface area contributed by atoms with Crippen LogP contribution >= 0.6 is 0 Å². The van der Waals surface area contributed by atoms with Crippen LogP contribution in [0.4, 0.5) is 17.1 Å². The standard InChI is InChI=1S/C22H22N4O3S/c1-16-9-14-20(30(28,29)26(2)3)15-21(16)22(27)23-17-10-12-19(13-11-17)25-24-18-7-5-4-6-8-18/h4-15H,1-3H3,(H,23,27). The van der Waals surface area contributed by atoms with Crippen molar-refractivity contribution >= 4 is 33.0 Å². The highest BCUT2D eigenvalue weighted by Crippen LogP contribution is 2.22. The van der Waals surface area contributed by atoms with Gasteiger partial charge in [-0.05, 0) is 61.0 Å². The zero-order valence-corrected chi connectivity index (χ0v) is 17.7. The summed E-state index contributed by atoms with van der Waals surface area (Å²) in [7, 11) is -0.727. The van der Waals surface area contributed by atoms with Crippen LogP contribution in [0.15, 0.2) is 87.9 Å². The molecule has 0 bridgehead atoms. The maximum atomic E-state index is 12.7. The molecule has 0 aliphatic rings. The first-order valence-corrected chi connectivity index (χ1v) is 10.6. The number of hydrogen-bond donors (Lipinski definition) is 1. The van der Waals surface area contributed by atoms with Crippen molar-refractivity contribution < 1.29 is 13.2 Å². The van der Waals surface area contributed by atoms with E-state index >= 15 is 0 Å². The number of anilines is 1. The summed E-state index contributed by atoms with van der Waals surface area (Å²) in [5.74, 6) is -0.387. The van der Waals surface area contributed by atoms with Crippen LogP contribution < -0.4 is 5.32 Å². The van der Waals surface area contributed by atoms with E-state index in [0.717, 1.165) is 9.99 Å². The third-order valence-corrected chi connectivity index (χ3v) is 6.21. The van der Waals surface area contributed by atoms with Crippen LogP contribution in [0, 0.1) is 6.92 Å². The molecule has 3 rings (SSSR count). The fraction of sp³-hybridized carbons (Fsp3) is 0.136. The van der Waals surface area contributed by atoms with Gasteiger partial charge in [0, 0.05) is 25.3 Å². The number of carbonyl (C=O) groups is 1. The topological polar surface area (TPSA) is 91.2 Å². The Morgan fingerprint density at radius 2 is 1.47 bits per heavy atom. The van der Waals surface area contributed by atoms with Gasteiger partial charge in [0.25, 0.3) is 5.91 Å². The van der Waals surface area contributed by atoms with Gasteiger partial charge < -0.3 is 5.32 Å². The highest BCUT2D eigenvalue weighted by Gasteiger charge is 2.20. The Balaban J connectivity index is 1.75. The summed E-state index contributed by atoms with van der Waals surface area (Å²) in [5.41, 5.74) is 2.94. The van der Waals surface area contributed by atoms with E-state index in [9.17, 15) is 13.2 Å². The number of aryl methyl sites for hydroxylation is 1. The SMILES string of the molecule is Cc1ccc(S(=O)(=O)N(C)C)cc1C(=O)Nc1ccc(N=Nc2ccccc2)cc1. The van der Waals surface area contributed by atoms with Crippen molar-refractivity contribution in [3.8, 4) is 0 Å². The molecule has 30 heavy (non-hydrogen) atoms. The number of benzene rings is 3. The molecule has 1 amide bonds. The van der Waals surface area contributed by atoms with Gasteiger partial charge in [-0.1, -0.05) is 24.3 Å². The average molecular weight is 423 g/mol. The smallest absolute Gasteiger partial charge is 0.255 e. The first-order valence-electron chi connectivity index (χ1n) is 9.19. The van der Waals surface area contributed by atoms with Crippen molar-refractivity contribution in [2.24, 2.45) is 10.2 Å². The zero-order chi connectivity index (χ0) is 21.7. The minimum Gasteiger partial charge on any atom is -0.322 e. The molecular formula is C22H22N4O3S. The van der Waals surface area contributed by atoms with E-state index in [4.69, 9.17) is 0 Å². The van der Waals surface area contributed by atoms with Crippen molar-refractivity contribution in [3.05, 3.63) is 83.9 Å². The first kappa shape index (κ1) is 21.4.